The smallest absolute Gasteiger partial charge is 0.254 e. The molecular formula is C39H49N5O5. The fourth-order valence-electron chi connectivity index (χ4n) is 7.59. The Labute approximate surface area is 289 Å². The molecule has 1 aromatic heterocycles. The second-order valence-corrected chi connectivity index (χ2v) is 13.3. The molecule has 0 aliphatic carbocycles. The first-order valence-corrected chi connectivity index (χ1v) is 17.4. The highest BCUT2D eigenvalue weighted by atomic mass is 16.5. The van der Waals surface area contributed by atoms with Gasteiger partial charge in [0, 0.05) is 56.7 Å². The Bertz CT molecular complexity index is 1730. The molecule has 4 aromatic rings. The summed E-state index contributed by atoms with van der Waals surface area (Å²) in [6.07, 6.45) is 4.29. The van der Waals surface area contributed by atoms with Gasteiger partial charge in [-0.3, -0.25) is 4.79 Å². The zero-order valence-corrected chi connectivity index (χ0v) is 29.3. The number of ketones is 1. The van der Waals surface area contributed by atoms with Gasteiger partial charge in [0.1, 0.15) is 5.78 Å². The maximum Gasteiger partial charge on any atom is 0.254 e. The predicted octanol–water partition coefficient (Wildman–Crippen LogP) is 5.82. The third-order valence-electron chi connectivity index (χ3n) is 10.3. The summed E-state index contributed by atoms with van der Waals surface area (Å²) >= 11 is 0. The molecule has 0 bridgehead atoms. The van der Waals surface area contributed by atoms with Crippen molar-refractivity contribution < 1.29 is 23.8 Å². The number of amides is 1. The summed E-state index contributed by atoms with van der Waals surface area (Å²) in [5.41, 5.74) is 3.79. The molecule has 10 nitrogen and oxygen atoms in total. The number of aromatic nitrogens is 2. The van der Waals surface area contributed by atoms with Crippen LogP contribution in [0.2, 0.25) is 0 Å². The minimum absolute atomic E-state index is 0.0336. The monoisotopic (exact) mass is 667 g/mol. The van der Waals surface area contributed by atoms with E-state index in [-0.39, 0.29) is 17.1 Å². The topological polar surface area (TPSA) is 89.4 Å². The van der Waals surface area contributed by atoms with E-state index >= 15 is 0 Å². The highest BCUT2D eigenvalue weighted by molar-refractivity contribution is 5.96. The van der Waals surface area contributed by atoms with Gasteiger partial charge in [0.05, 0.1) is 32.4 Å². The molecule has 6 rings (SSSR count). The van der Waals surface area contributed by atoms with Crippen LogP contribution in [0.3, 0.4) is 0 Å². The van der Waals surface area contributed by atoms with E-state index in [1.165, 1.54) is 5.56 Å². The van der Waals surface area contributed by atoms with Crippen molar-refractivity contribution in [3.8, 4) is 17.2 Å². The number of ether oxygens (including phenoxy) is 3. The molecule has 1 atom stereocenters. The summed E-state index contributed by atoms with van der Waals surface area (Å²) in [4.78, 5) is 37.7. The molecule has 10 heteroatoms. The van der Waals surface area contributed by atoms with Crippen LogP contribution in [0.25, 0.3) is 11.0 Å². The summed E-state index contributed by atoms with van der Waals surface area (Å²) in [7, 11) is 4.70. The summed E-state index contributed by atoms with van der Waals surface area (Å²) in [6, 6.07) is 22.5. The van der Waals surface area contributed by atoms with Gasteiger partial charge in [-0.15, -0.1) is 0 Å². The normalized spacial score (nSPS) is 18.4. The summed E-state index contributed by atoms with van der Waals surface area (Å²) in [5.74, 6) is 2.61. The van der Waals surface area contributed by atoms with Crippen LogP contribution in [0.15, 0.2) is 66.7 Å². The zero-order chi connectivity index (χ0) is 34.4. The first kappa shape index (κ1) is 34.3. The number of hydrogen-bond acceptors (Lipinski definition) is 8. The van der Waals surface area contributed by atoms with E-state index in [2.05, 4.69) is 62.9 Å². The van der Waals surface area contributed by atoms with Gasteiger partial charge in [-0.1, -0.05) is 42.5 Å². The Morgan fingerprint density at radius 1 is 0.837 bits per heavy atom. The number of aryl methyl sites for hydroxylation is 1. The molecule has 2 fully saturated rings. The van der Waals surface area contributed by atoms with Crippen molar-refractivity contribution in [2.75, 3.05) is 72.0 Å². The highest BCUT2D eigenvalue weighted by Gasteiger charge is 2.42. The lowest BCUT2D eigenvalue weighted by Gasteiger charge is -2.33. The van der Waals surface area contributed by atoms with Gasteiger partial charge in [-0.05, 0) is 75.5 Å². The Morgan fingerprint density at radius 2 is 1.57 bits per heavy atom. The molecule has 0 saturated carbocycles. The number of nitrogens with zero attached hydrogens (tertiary/aromatic N) is 5. The number of anilines is 1. The maximum atomic E-state index is 13.9. The van der Waals surface area contributed by atoms with Crippen molar-refractivity contribution in [3.05, 3.63) is 77.9 Å². The molecule has 0 radical (unpaired) electrons. The van der Waals surface area contributed by atoms with Crippen molar-refractivity contribution >= 4 is 28.7 Å². The van der Waals surface area contributed by atoms with Gasteiger partial charge < -0.3 is 38.3 Å². The molecule has 1 amide bonds. The summed E-state index contributed by atoms with van der Waals surface area (Å²) in [6.45, 7) is 8.50. The summed E-state index contributed by atoms with van der Waals surface area (Å²) < 4.78 is 18.9. The van der Waals surface area contributed by atoms with Gasteiger partial charge in [0.25, 0.3) is 5.91 Å². The molecule has 0 N–H and O–H groups in total. The van der Waals surface area contributed by atoms with E-state index in [1.807, 2.05) is 11.0 Å². The number of Topliss-reactive ketones (excluding diaryl/α,β-unsaturated/α-hetero) is 1. The number of para-hydroxylation sites is 2. The lowest BCUT2D eigenvalue weighted by Crippen LogP contribution is -2.39. The van der Waals surface area contributed by atoms with Crippen molar-refractivity contribution in [2.45, 2.75) is 51.0 Å². The molecule has 49 heavy (non-hydrogen) atoms. The van der Waals surface area contributed by atoms with Gasteiger partial charge in [0.2, 0.25) is 11.7 Å². The van der Waals surface area contributed by atoms with Crippen LogP contribution in [0.1, 0.15) is 54.9 Å². The molecule has 2 saturated heterocycles. The van der Waals surface area contributed by atoms with E-state index in [0.29, 0.717) is 42.3 Å². The lowest BCUT2D eigenvalue weighted by atomic mass is 9.76. The van der Waals surface area contributed by atoms with Crippen molar-refractivity contribution in [3.63, 3.8) is 0 Å². The number of hydrogen-bond donors (Lipinski definition) is 0. The van der Waals surface area contributed by atoms with Crippen LogP contribution in [0, 0.1) is 0 Å². The van der Waals surface area contributed by atoms with Crippen LogP contribution in [0.4, 0.5) is 5.95 Å². The van der Waals surface area contributed by atoms with E-state index < -0.39 is 0 Å². The molecule has 2 aliphatic heterocycles. The van der Waals surface area contributed by atoms with Gasteiger partial charge in [-0.2, -0.15) is 0 Å². The largest absolute Gasteiger partial charge is 0.493 e. The number of methoxy groups -OCH3 is 3. The number of likely N-dealkylation sites (tertiary alicyclic amines) is 1. The van der Waals surface area contributed by atoms with Gasteiger partial charge >= 0.3 is 0 Å². The second-order valence-electron chi connectivity index (χ2n) is 13.3. The average Bonchev–Trinajstić information content (AvgIpc) is 3.65. The molecule has 2 aliphatic rings. The molecule has 260 valence electrons. The molecule has 3 heterocycles. The zero-order valence-electron chi connectivity index (χ0n) is 29.3. The van der Waals surface area contributed by atoms with E-state index in [1.54, 1.807) is 40.4 Å². The Hall–Kier alpha value is -4.57. The number of benzene rings is 3. The fourth-order valence-corrected chi connectivity index (χ4v) is 7.59. The first-order chi connectivity index (χ1) is 23.9. The van der Waals surface area contributed by atoms with E-state index in [0.717, 1.165) is 81.9 Å². The number of rotatable bonds is 13. The maximum absolute atomic E-state index is 13.9. The number of fused-ring (bicyclic) bond motifs is 1. The SMILES string of the molecule is COc1cc(C(=O)N2CCC(CCN3CCCN(c4nc5ccccc5n4CCCC(C)=O)CC3)(c3ccccc3)C2)cc(OC)c1OC. The number of carbonyl (C=O) groups excluding carboxylic acids is 2. The van der Waals surface area contributed by atoms with E-state index in [4.69, 9.17) is 19.2 Å². The molecule has 1 unspecified atom stereocenters. The van der Waals surface area contributed by atoms with Crippen molar-refractivity contribution in [2.24, 2.45) is 0 Å². The standard InChI is InChI=1S/C39H49N5O5/c1-29(45)12-10-21-44-33-16-9-8-15-32(33)40-38(44)42-20-11-19-41(24-25-42)22-17-39(31-13-6-5-7-14-31)18-23-43(28-39)37(46)30-26-34(47-2)36(49-4)35(27-30)48-3/h5-9,13-16,26-27H,10-12,17-25,28H2,1-4H3. The van der Waals surface area contributed by atoms with Crippen LogP contribution in [0.5, 0.6) is 17.2 Å². The van der Waals surface area contributed by atoms with Gasteiger partial charge in [-0.25, -0.2) is 4.98 Å². The van der Waals surface area contributed by atoms with Gasteiger partial charge in [0.15, 0.2) is 11.5 Å². The van der Waals surface area contributed by atoms with Crippen LogP contribution in [-0.2, 0) is 16.8 Å². The highest BCUT2D eigenvalue weighted by Crippen LogP contribution is 2.41. The lowest BCUT2D eigenvalue weighted by molar-refractivity contribution is -0.117. The van der Waals surface area contributed by atoms with Crippen molar-refractivity contribution in [1.82, 2.24) is 19.4 Å². The Morgan fingerprint density at radius 3 is 2.29 bits per heavy atom. The van der Waals surface area contributed by atoms with Crippen LogP contribution >= 0.6 is 0 Å². The molecule has 0 spiro atoms. The van der Waals surface area contributed by atoms with Crippen LogP contribution < -0.4 is 19.1 Å². The van der Waals surface area contributed by atoms with Crippen molar-refractivity contribution in [1.29, 1.82) is 0 Å². The number of carbonyl (C=O) groups is 2. The molecule has 3 aromatic carbocycles. The van der Waals surface area contributed by atoms with E-state index in [9.17, 15) is 9.59 Å². The minimum atomic E-state index is -0.145. The summed E-state index contributed by atoms with van der Waals surface area (Å²) in [5, 5.41) is 0. The fraction of sp³-hybridized carbons (Fsp3) is 0.462. The minimum Gasteiger partial charge on any atom is -0.493 e. The third-order valence-corrected chi connectivity index (χ3v) is 10.3. The first-order valence-electron chi connectivity index (χ1n) is 17.4. The Balaban J connectivity index is 1.16. The quantitative estimate of drug-likeness (QED) is 0.176. The second kappa shape index (κ2) is 15.3. The number of imidazole rings is 1. The average molecular weight is 668 g/mol. The van der Waals surface area contributed by atoms with Crippen LogP contribution in [-0.4, -0.2) is 98.2 Å². The predicted molar refractivity (Wildman–Crippen MR) is 192 cm³/mol. The molecular weight excluding hydrogens is 618 g/mol. The third kappa shape index (κ3) is 7.39. The Kier molecular flexibility index (Phi) is 10.7.